The molecular formula is C13H19NO3. The van der Waals surface area contributed by atoms with Gasteiger partial charge in [0.2, 0.25) is 0 Å². The van der Waals surface area contributed by atoms with Crippen LogP contribution in [0.1, 0.15) is 18.4 Å². The van der Waals surface area contributed by atoms with E-state index in [0.717, 1.165) is 24.2 Å². The van der Waals surface area contributed by atoms with Crippen molar-refractivity contribution in [3.8, 4) is 5.75 Å². The fourth-order valence-electron chi connectivity index (χ4n) is 2.18. The molecule has 0 spiro atoms. The molecule has 0 atom stereocenters. The Morgan fingerprint density at radius 2 is 2.00 bits per heavy atom. The first-order valence-corrected chi connectivity index (χ1v) is 5.94. The summed E-state index contributed by atoms with van der Waals surface area (Å²) in [4.78, 5) is 0. The zero-order valence-corrected chi connectivity index (χ0v) is 10.1. The van der Waals surface area contributed by atoms with E-state index >= 15 is 0 Å². The monoisotopic (exact) mass is 237 g/mol. The van der Waals surface area contributed by atoms with E-state index in [1.54, 1.807) is 7.11 Å². The summed E-state index contributed by atoms with van der Waals surface area (Å²) in [6.45, 7) is 1.86. The zero-order chi connectivity index (χ0) is 12.1. The van der Waals surface area contributed by atoms with Crippen molar-refractivity contribution in [3.05, 3.63) is 29.8 Å². The van der Waals surface area contributed by atoms with E-state index in [4.69, 9.17) is 19.9 Å². The minimum atomic E-state index is -0.675. The molecule has 1 aromatic rings. The lowest BCUT2D eigenvalue weighted by Gasteiger charge is -2.29. The predicted molar refractivity (Wildman–Crippen MR) is 64.9 cm³/mol. The predicted octanol–water partition coefficient (Wildman–Crippen LogP) is 1.63. The van der Waals surface area contributed by atoms with E-state index in [0.29, 0.717) is 19.8 Å². The summed E-state index contributed by atoms with van der Waals surface area (Å²) in [6, 6.07) is 7.81. The van der Waals surface area contributed by atoms with Crippen LogP contribution in [0, 0.1) is 0 Å². The Hall–Kier alpha value is -1.10. The Morgan fingerprint density at radius 3 is 2.65 bits per heavy atom. The second-order valence-electron chi connectivity index (χ2n) is 4.04. The van der Waals surface area contributed by atoms with Gasteiger partial charge in [0.25, 0.3) is 0 Å². The quantitative estimate of drug-likeness (QED) is 0.845. The molecule has 0 radical (unpaired) electrons. The van der Waals surface area contributed by atoms with Gasteiger partial charge in [0.1, 0.15) is 5.75 Å². The van der Waals surface area contributed by atoms with Gasteiger partial charge in [-0.2, -0.15) is 0 Å². The van der Waals surface area contributed by atoms with Crippen LogP contribution < -0.4 is 10.5 Å². The fraction of sp³-hybridized carbons (Fsp3) is 0.538. The van der Waals surface area contributed by atoms with Gasteiger partial charge in [-0.25, -0.2) is 0 Å². The molecule has 4 nitrogen and oxygen atoms in total. The third-order valence-electron chi connectivity index (χ3n) is 2.98. The molecule has 1 saturated heterocycles. The van der Waals surface area contributed by atoms with Crippen LogP contribution in [0.15, 0.2) is 24.3 Å². The molecule has 2 N–H and O–H groups in total. The topological polar surface area (TPSA) is 53.7 Å². The summed E-state index contributed by atoms with van der Waals surface area (Å²) in [5.41, 5.74) is 6.52. The lowest BCUT2D eigenvalue weighted by atomic mass is 9.99. The van der Waals surface area contributed by atoms with Crippen LogP contribution in [0.25, 0.3) is 0 Å². The highest BCUT2D eigenvalue weighted by molar-refractivity contribution is 5.37. The van der Waals surface area contributed by atoms with Crippen LogP contribution in [-0.2, 0) is 15.3 Å². The van der Waals surface area contributed by atoms with Crippen molar-refractivity contribution in [2.45, 2.75) is 18.6 Å². The first-order chi connectivity index (χ1) is 8.32. The fourth-order valence-corrected chi connectivity index (χ4v) is 2.18. The number of methoxy groups -OCH3 is 1. The van der Waals surface area contributed by atoms with Crippen LogP contribution in [-0.4, -0.2) is 26.9 Å². The van der Waals surface area contributed by atoms with Crippen molar-refractivity contribution in [3.63, 3.8) is 0 Å². The number of ether oxygens (including phenoxy) is 3. The van der Waals surface area contributed by atoms with Gasteiger partial charge < -0.3 is 19.9 Å². The maximum absolute atomic E-state index is 5.81. The molecule has 0 aliphatic carbocycles. The number of hydrogen-bond acceptors (Lipinski definition) is 4. The first kappa shape index (κ1) is 12.4. The number of benzene rings is 1. The lowest BCUT2D eigenvalue weighted by Crippen LogP contribution is -2.28. The van der Waals surface area contributed by atoms with E-state index < -0.39 is 5.79 Å². The number of hydrogen-bond donors (Lipinski definition) is 1. The van der Waals surface area contributed by atoms with Crippen LogP contribution >= 0.6 is 0 Å². The average molecular weight is 237 g/mol. The van der Waals surface area contributed by atoms with Crippen molar-refractivity contribution < 1.29 is 14.2 Å². The standard InChI is InChI=1S/C13H19NO3/c1-15-12-6-3-2-5-11(12)13(7-4-8-14)16-9-10-17-13/h2-3,5-6H,4,7-10,14H2,1H3. The van der Waals surface area contributed by atoms with Crippen molar-refractivity contribution in [1.82, 2.24) is 0 Å². The third kappa shape index (κ3) is 2.44. The van der Waals surface area contributed by atoms with Crippen LogP contribution in [0.3, 0.4) is 0 Å². The van der Waals surface area contributed by atoms with E-state index in [1.165, 1.54) is 0 Å². The summed E-state index contributed by atoms with van der Waals surface area (Å²) >= 11 is 0. The van der Waals surface area contributed by atoms with Crippen molar-refractivity contribution in [2.24, 2.45) is 5.73 Å². The maximum Gasteiger partial charge on any atom is 0.198 e. The Labute approximate surface area is 102 Å². The normalized spacial score (nSPS) is 18.2. The Morgan fingerprint density at radius 1 is 1.29 bits per heavy atom. The molecule has 0 saturated carbocycles. The Balaban J connectivity index is 2.31. The molecule has 0 unspecified atom stereocenters. The molecule has 94 valence electrons. The molecule has 1 fully saturated rings. The average Bonchev–Trinajstić information content (AvgIpc) is 2.86. The van der Waals surface area contributed by atoms with Crippen molar-refractivity contribution >= 4 is 0 Å². The summed E-state index contributed by atoms with van der Waals surface area (Å²) in [6.07, 6.45) is 1.61. The van der Waals surface area contributed by atoms with Gasteiger partial charge in [-0.3, -0.25) is 0 Å². The molecule has 4 heteroatoms. The molecule has 1 aromatic carbocycles. The summed E-state index contributed by atoms with van der Waals surface area (Å²) in [5.74, 6) is 0.123. The Kier molecular flexibility index (Phi) is 3.99. The van der Waals surface area contributed by atoms with Crippen molar-refractivity contribution in [1.29, 1.82) is 0 Å². The van der Waals surface area contributed by atoms with E-state index in [1.807, 2.05) is 24.3 Å². The van der Waals surface area contributed by atoms with Crippen LogP contribution in [0.5, 0.6) is 5.75 Å². The van der Waals surface area contributed by atoms with Gasteiger partial charge in [-0.15, -0.1) is 0 Å². The van der Waals surface area contributed by atoms with Gasteiger partial charge in [-0.1, -0.05) is 12.1 Å². The molecule has 0 bridgehead atoms. The molecular weight excluding hydrogens is 218 g/mol. The molecule has 1 aliphatic rings. The largest absolute Gasteiger partial charge is 0.496 e. The van der Waals surface area contributed by atoms with Crippen molar-refractivity contribution in [2.75, 3.05) is 26.9 Å². The number of nitrogens with two attached hydrogens (primary N) is 1. The smallest absolute Gasteiger partial charge is 0.198 e. The lowest BCUT2D eigenvalue weighted by molar-refractivity contribution is -0.172. The maximum atomic E-state index is 5.81. The highest BCUT2D eigenvalue weighted by atomic mass is 16.7. The minimum absolute atomic E-state index is 0.614. The van der Waals surface area contributed by atoms with E-state index in [9.17, 15) is 0 Å². The third-order valence-corrected chi connectivity index (χ3v) is 2.98. The number of para-hydroxylation sites is 1. The second-order valence-corrected chi connectivity index (χ2v) is 4.04. The van der Waals surface area contributed by atoms with Crippen LogP contribution in [0.2, 0.25) is 0 Å². The molecule has 1 aliphatic heterocycles. The molecule has 2 rings (SSSR count). The summed E-state index contributed by atoms with van der Waals surface area (Å²) < 4.78 is 17.0. The van der Waals surface area contributed by atoms with Gasteiger partial charge >= 0.3 is 0 Å². The minimum Gasteiger partial charge on any atom is -0.496 e. The molecule has 0 aromatic heterocycles. The van der Waals surface area contributed by atoms with Gasteiger partial charge in [0.05, 0.1) is 25.9 Å². The SMILES string of the molecule is COc1ccccc1C1(CCCN)OCCO1. The van der Waals surface area contributed by atoms with Gasteiger partial charge in [0.15, 0.2) is 5.79 Å². The van der Waals surface area contributed by atoms with E-state index in [-0.39, 0.29) is 0 Å². The number of rotatable bonds is 5. The first-order valence-electron chi connectivity index (χ1n) is 5.94. The molecule has 17 heavy (non-hydrogen) atoms. The zero-order valence-electron chi connectivity index (χ0n) is 10.1. The molecule has 0 amide bonds. The van der Waals surface area contributed by atoms with Gasteiger partial charge in [0, 0.05) is 6.42 Å². The molecule has 1 heterocycles. The van der Waals surface area contributed by atoms with E-state index in [2.05, 4.69) is 0 Å². The summed E-state index contributed by atoms with van der Waals surface area (Å²) in [5, 5.41) is 0. The summed E-state index contributed by atoms with van der Waals surface area (Å²) in [7, 11) is 1.66. The van der Waals surface area contributed by atoms with Crippen LogP contribution in [0.4, 0.5) is 0 Å². The highest BCUT2D eigenvalue weighted by Gasteiger charge is 2.40. The highest BCUT2D eigenvalue weighted by Crippen LogP contribution is 2.40. The van der Waals surface area contributed by atoms with Gasteiger partial charge in [-0.05, 0) is 25.1 Å². The second kappa shape index (κ2) is 5.49. The Bertz CT molecular complexity index is 361.